The maximum absolute atomic E-state index is 12.5. The van der Waals surface area contributed by atoms with Crippen LogP contribution in [0.3, 0.4) is 0 Å². The fraction of sp³-hybridized carbons (Fsp3) is 0.300. The lowest BCUT2D eigenvalue weighted by Gasteiger charge is -2.21. The van der Waals surface area contributed by atoms with Crippen molar-refractivity contribution in [3.8, 4) is 0 Å². The summed E-state index contributed by atoms with van der Waals surface area (Å²) in [5, 5.41) is 11.3. The summed E-state index contributed by atoms with van der Waals surface area (Å²) >= 11 is 0. The maximum atomic E-state index is 12.5. The third-order valence-corrected chi connectivity index (χ3v) is 4.16. The van der Waals surface area contributed by atoms with Crippen molar-refractivity contribution in [2.75, 3.05) is 26.0 Å². The number of benzene rings is 2. The molecule has 0 aliphatic heterocycles. The second kappa shape index (κ2) is 8.98. The highest BCUT2D eigenvalue weighted by molar-refractivity contribution is 5.93. The number of likely N-dealkylation sites (N-methyl/N-ethyl adjacent to an activating group) is 1. The van der Waals surface area contributed by atoms with Crippen LogP contribution in [-0.4, -0.2) is 48.9 Å². The largest absolute Gasteiger partial charge is 0.449 e. The molecule has 0 aromatic heterocycles. The zero-order valence-electron chi connectivity index (χ0n) is 16.3. The Hall–Kier alpha value is -3.42. The van der Waals surface area contributed by atoms with Crippen LogP contribution in [-0.2, 0) is 16.1 Å². The van der Waals surface area contributed by atoms with Crippen LogP contribution >= 0.6 is 0 Å². The summed E-state index contributed by atoms with van der Waals surface area (Å²) in [6.07, 6.45) is -1.02. The lowest BCUT2D eigenvalue weighted by molar-refractivity contribution is -0.384. The van der Waals surface area contributed by atoms with Gasteiger partial charge in [-0.05, 0) is 24.6 Å². The van der Waals surface area contributed by atoms with Crippen LogP contribution in [0.4, 0.5) is 11.4 Å². The van der Waals surface area contributed by atoms with Gasteiger partial charge in [-0.15, -0.1) is 0 Å². The minimum atomic E-state index is -1.02. The Morgan fingerprint density at radius 2 is 1.75 bits per heavy atom. The number of hydrogen-bond donors (Lipinski definition) is 0. The molecule has 0 heterocycles. The quantitative estimate of drug-likeness (QED) is 0.413. The van der Waals surface area contributed by atoms with Gasteiger partial charge in [0, 0.05) is 33.8 Å². The number of carbonyl (C=O) groups is 2. The lowest BCUT2D eigenvalue weighted by atomic mass is 10.1. The molecule has 0 N–H and O–H groups in total. The van der Waals surface area contributed by atoms with E-state index >= 15 is 0 Å². The number of nitro groups is 1. The minimum absolute atomic E-state index is 0.0164. The van der Waals surface area contributed by atoms with Gasteiger partial charge in [0.05, 0.1) is 10.5 Å². The molecule has 0 fully saturated rings. The van der Waals surface area contributed by atoms with Gasteiger partial charge in [0.15, 0.2) is 6.10 Å². The molecule has 0 spiro atoms. The number of rotatable bonds is 7. The minimum Gasteiger partial charge on any atom is -0.449 e. The number of ether oxygens (including phenoxy) is 1. The number of hydrogen-bond acceptors (Lipinski definition) is 6. The highest BCUT2D eigenvalue weighted by Crippen LogP contribution is 2.28. The number of esters is 1. The summed E-state index contributed by atoms with van der Waals surface area (Å²) in [5.41, 5.74) is 1.13. The SMILES string of the molecule is C[C@@H](OC(=O)c1ccc(N(C)C)c([N+](=O)[O-])c1)C(=O)N(C)Cc1ccccc1. The molecule has 1 amide bonds. The van der Waals surface area contributed by atoms with Gasteiger partial charge in [0.25, 0.3) is 11.6 Å². The van der Waals surface area contributed by atoms with E-state index in [0.29, 0.717) is 12.2 Å². The first-order valence-corrected chi connectivity index (χ1v) is 8.66. The van der Waals surface area contributed by atoms with Crippen molar-refractivity contribution in [3.63, 3.8) is 0 Å². The van der Waals surface area contributed by atoms with Crippen LogP contribution in [0, 0.1) is 10.1 Å². The molecule has 1 atom stereocenters. The van der Waals surface area contributed by atoms with Crippen LogP contribution in [0.15, 0.2) is 48.5 Å². The van der Waals surface area contributed by atoms with Crippen molar-refractivity contribution in [1.29, 1.82) is 0 Å². The van der Waals surface area contributed by atoms with E-state index in [4.69, 9.17) is 4.74 Å². The Morgan fingerprint density at radius 3 is 2.32 bits per heavy atom. The van der Waals surface area contributed by atoms with Crippen molar-refractivity contribution in [3.05, 3.63) is 69.8 Å². The normalized spacial score (nSPS) is 11.4. The van der Waals surface area contributed by atoms with Crippen molar-refractivity contribution in [2.45, 2.75) is 19.6 Å². The van der Waals surface area contributed by atoms with Gasteiger partial charge in [-0.1, -0.05) is 30.3 Å². The monoisotopic (exact) mass is 385 g/mol. The smallest absolute Gasteiger partial charge is 0.339 e. The van der Waals surface area contributed by atoms with Crippen LogP contribution in [0.1, 0.15) is 22.8 Å². The fourth-order valence-electron chi connectivity index (χ4n) is 2.70. The van der Waals surface area contributed by atoms with Crippen molar-refractivity contribution in [1.82, 2.24) is 4.90 Å². The van der Waals surface area contributed by atoms with E-state index in [0.717, 1.165) is 11.6 Å². The molecular weight excluding hydrogens is 362 g/mol. The molecule has 0 radical (unpaired) electrons. The molecule has 0 unspecified atom stereocenters. The van der Waals surface area contributed by atoms with Gasteiger partial charge >= 0.3 is 5.97 Å². The summed E-state index contributed by atoms with van der Waals surface area (Å²) in [6.45, 7) is 1.86. The van der Waals surface area contributed by atoms with Crippen LogP contribution in [0.5, 0.6) is 0 Å². The molecule has 8 heteroatoms. The van der Waals surface area contributed by atoms with E-state index < -0.39 is 17.0 Å². The number of anilines is 1. The molecule has 0 aliphatic rings. The second-order valence-corrected chi connectivity index (χ2v) is 6.58. The Balaban J connectivity index is 2.08. The number of nitrogens with zero attached hydrogens (tertiary/aromatic N) is 3. The summed E-state index contributed by atoms with van der Waals surface area (Å²) in [7, 11) is 4.96. The second-order valence-electron chi connectivity index (χ2n) is 6.58. The first-order valence-electron chi connectivity index (χ1n) is 8.66. The average molecular weight is 385 g/mol. The number of nitro benzene ring substituents is 1. The van der Waals surface area contributed by atoms with Gasteiger partial charge in [0.2, 0.25) is 0 Å². The average Bonchev–Trinajstić information content (AvgIpc) is 2.67. The zero-order chi connectivity index (χ0) is 20.8. The van der Waals surface area contributed by atoms with Gasteiger partial charge < -0.3 is 14.5 Å². The topological polar surface area (TPSA) is 93.0 Å². The number of carbonyl (C=O) groups excluding carboxylic acids is 2. The molecule has 148 valence electrons. The van der Waals surface area contributed by atoms with Crippen LogP contribution < -0.4 is 4.90 Å². The van der Waals surface area contributed by atoms with Gasteiger partial charge in [-0.2, -0.15) is 0 Å². The summed E-state index contributed by atoms with van der Waals surface area (Å²) in [6, 6.07) is 13.5. The molecule has 2 aromatic carbocycles. The summed E-state index contributed by atoms with van der Waals surface area (Å²) < 4.78 is 5.23. The third-order valence-electron chi connectivity index (χ3n) is 4.16. The van der Waals surface area contributed by atoms with E-state index in [1.54, 1.807) is 26.0 Å². The third kappa shape index (κ3) is 5.06. The highest BCUT2D eigenvalue weighted by Gasteiger charge is 2.24. The van der Waals surface area contributed by atoms with Crippen molar-refractivity contribution < 1.29 is 19.2 Å². The molecular formula is C20H23N3O5. The highest BCUT2D eigenvalue weighted by atomic mass is 16.6. The molecule has 2 aromatic rings. The number of amides is 1. The zero-order valence-corrected chi connectivity index (χ0v) is 16.3. The van der Waals surface area contributed by atoms with Gasteiger partial charge in [-0.3, -0.25) is 14.9 Å². The summed E-state index contributed by atoms with van der Waals surface area (Å²) in [5.74, 6) is -1.15. The predicted octanol–water partition coefficient (Wildman–Crippen LogP) is 2.86. The first kappa shape index (κ1) is 20.9. The molecule has 0 saturated carbocycles. The van der Waals surface area contributed by atoms with Crippen LogP contribution in [0.25, 0.3) is 0 Å². The lowest BCUT2D eigenvalue weighted by Crippen LogP contribution is -2.37. The van der Waals surface area contributed by atoms with Gasteiger partial charge in [0.1, 0.15) is 5.69 Å². The van der Waals surface area contributed by atoms with E-state index in [1.165, 1.54) is 24.0 Å². The van der Waals surface area contributed by atoms with Gasteiger partial charge in [-0.25, -0.2) is 4.79 Å². The standard InChI is InChI=1S/C20H23N3O5/c1-14(19(24)22(4)13-15-8-6-5-7-9-15)28-20(25)16-10-11-17(21(2)3)18(12-16)23(26)27/h5-12,14H,13H2,1-4H3/t14-/m1/s1. The van der Waals surface area contributed by atoms with Crippen LogP contribution in [0.2, 0.25) is 0 Å². The first-order chi connectivity index (χ1) is 13.2. The molecule has 28 heavy (non-hydrogen) atoms. The van der Waals surface area contributed by atoms with Crippen molar-refractivity contribution in [2.24, 2.45) is 0 Å². The molecule has 2 rings (SSSR count). The van der Waals surface area contributed by atoms with E-state index in [9.17, 15) is 19.7 Å². The fourth-order valence-corrected chi connectivity index (χ4v) is 2.70. The van der Waals surface area contributed by atoms with E-state index in [2.05, 4.69) is 0 Å². The molecule has 0 saturated heterocycles. The van der Waals surface area contributed by atoms with E-state index in [1.807, 2.05) is 30.3 Å². The molecule has 8 nitrogen and oxygen atoms in total. The Morgan fingerprint density at radius 1 is 1.11 bits per heavy atom. The van der Waals surface area contributed by atoms with E-state index in [-0.39, 0.29) is 17.2 Å². The van der Waals surface area contributed by atoms with Crippen molar-refractivity contribution >= 4 is 23.3 Å². The predicted molar refractivity (Wildman–Crippen MR) is 105 cm³/mol. The molecule has 0 aliphatic carbocycles. The molecule has 0 bridgehead atoms. The Bertz CT molecular complexity index is 867. The summed E-state index contributed by atoms with van der Waals surface area (Å²) in [4.78, 5) is 38.6. The Kier molecular flexibility index (Phi) is 6.70. The maximum Gasteiger partial charge on any atom is 0.339 e. The Labute approximate surface area is 163 Å².